The number of hydrogen-bond donors (Lipinski definition) is 1. The lowest BCUT2D eigenvalue weighted by atomic mass is 9.66. The Morgan fingerprint density at radius 1 is 1.24 bits per heavy atom. The summed E-state index contributed by atoms with van der Waals surface area (Å²) in [4.78, 5) is 17.1. The highest BCUT2D eigenvalue weighted by atomic mass is 16.2. The van der Waals surface area contributed by atoms with Crippen LogP contribution in [0.1, 0.15) is 52.4 Å². The van der Waals surface area contributed by atoms with Gasteiger partial charge in [-0.15, -0.1) is 0 Å². The van der Waals surface area contributed by atoms with Crippen LogP contribution in [0.2, 0.25) is 0 Å². The van der Waals surface area contributed by atoms with Gasteiger partial charge in [-0.3, -0.25) is 4.79 Å². The molecule has 0 aromatic rings. The first-order valence-electron chi connectivity index (χ1n) is 8.82. The van der Waals surface area contributed by atoms with Crippen molar-refractivity contribution < 1.29 is 4.79 Å². The predicted octanol–water partition coefficient (Wildman–Crippen LogP) is 2.09. The number of hydrogen-bond acceptors (Lipinski definition) is 3. The molecular formula is C17H33N3O. The summed E-state index contributed by atoms with van der Waals surface area (Å²) in [6, 6.07) is 0. The number of rotatable bonds is 7. The largest absolute Gasteiger partial charge is 0.343 e. The molecule has 0 aromatic carbocycles. The third-order valence-electron chi connectivity index (χ3n) is 5.75. The zero-order chi connectivity index (χ0) is 15.3. The molecule has 4 nitrogen and oxygen atoms in total. The SMILES string of the molecule is CCN(CC)CC1CCN(C(=O)CC2(CN)CCC2)CC1. The van der Waals surface area contributed by atoms with Crippen LogP contribution in [0.3, 0.4) is 0 Å². The van der Waals surface area contributed by atoms with E-state index in [0.29, 0.717) is 18.9 Å². The first kappa shape index (κ1) is 16.8. The van der Waals surface area contributed by atoms with E-state index in [1.807, 2.05) is 0 Å². The first-order chi connectivity index (χ1) is 10.1. The summed E-state index contributed by atoms with van der Waals surface area (Å²) in [5, 5.41) is 0. The fraction of sp³-hybridized carbons (Fsp3) is 0.941. The van der Waals surface area contributed by atoms with E-state index >= 15 is 0 Å². The maximum atomic E-state index is 12.5. The van der Waals surface area contributed by atoms with Crippen LogP contribution in [0.5, 0.6) is 0 Å². The lowest BCUT2D eigenvalue weighted by Crippen LogP contribution is -2.46. The van der Waals surface area contributed by atoms with Crippen LogP contribution in [0.15, 0.2) is 0 Å². The molecule has 0 atom stereocenters. The van der Waals surface area contributed by atoms with E-state index in [4.69, 9.17) is 5.73 Å². The highest BCUT2D eigenvalue weighted by molar-refractivity contribution is 5.77. The number of carbonyl (C=O) groups excluding carboxylic acids is 1. The average Bonchev–Trinajstić information content (AvgIpc) is 2.49. The van der Waals surface area contributed by atoms with Gasteiger partial charge in [0.05, 0.1) is 0 Å². The van der Waals surface area contributed by atoms with Crippen molar-refractivity contribution in [2.45, 2.75) is 52.4 Å². The molecule has 1 aliphatic carbocycles. The van der Waals surface area contributed by atoms with Gasteiger partial charge in [-0.1, -0.05) is 20.3 Å². The summed E-state index contributed by atoms with van der Waals surface area (Å²) in [7, 11) is 0. The summed E-state index contributed by atoms with van der Waals surface area (Å²) in [6.45, 7) is 10.5. The molecule has 0 aromatic heterocycles. The normalized spacial score (nSPS) is 22.4. The Balaban J connectivity index is 1.74. The summed E-state index contributed by atoms with van der Waals surface area (Å²) in [6.07, 6.45) is 6.55. The number of likely N-dealkylation sites (tertiary alicyclic amines) is 1. The van der Waals surface area contributed by atoms with Crippen LogP contribution in [-0.2, 0) is 4.79 Å². The number of carbonyl (C=O) groups is 1. The smallest absolute Gasteiger partial charge is 0.223 e. The maximum absolute atomic E-state index is 12.5. The molecule has 1 heterocycles. The molecule has 1 amide bonds. The van der Waals surface area contributed by atoms with Crippen molar-refractivity contribution in [3.63, 3.8) is 0 Å². The molecule has 2 rings (SSSR count). The molecular weight excluding hydrogens is 262 g/mol. The van der Waals surface area contributed by atoms with Crippen LogP contribution >= 0.6 is 0 Å². The lowest BCUT2D eigenvalue weighted by Gasteiger charge is -2.42. The molecule has 1 saturated heterocycles. The Morgan fingerprint density at radius 3 is 2.29 bits per heavy atom. The predicted molar refractivity (Wildman–Crippen MR) is 87.0 cm³/mol. The van der Waals surface area contributed by atoms with E-state index in [-0.39, 0.29) is 5.41 Å². The summed E-state index contributed by atoms with van der Waals surface area (Å²) in [5.74, 6) is 1.11. The Morgan fingerprint density at radius 2 is 1.86 bits per heavy atom. The second kappa shape index (κ2) is 7.59. The Labute approximate surface area is 130 Å². The fourth-order valence-electron chi connectivity index (χ4n) is 3.77. The second-order valence-electron chi connectivity index (χ2n) is 7.04. The fourth-order valence-corrected chi connectivity index (χ4v) is 3.77. The lowest BCUT2D eigenvalue weighted by molar-refractivity contribution is -0.136. The van der Waals surface area contributed by atoms with E-state index in [1.54, 1.807) is 0 Å². The topological polar surface area (TPSA) is 49.6 Å². The van der Waals surface area contributed by atoms with Crippen molar-refractivity contribution in [2.24, 2.45) is 17.1 Å². The van der Waals surface area contributed by atoms with Crippen molar-refractivity contribution in [3.8, 4) is 0 Å². The van der Waals surface area contributed by atoms with E-state index in [2.05, 4.69) is 23.6 Å². The average molecular weight is 295 g/mol. The van der Waals surface area contributed by atoms with Gasteiger partial charge >= 0.3 is 0 Å². The van der Waals surface area contributed by atoms with Crippen molar-refractivity contribution in [3.05, 3.63) is 0 Å². The standard InChI is InChI=1S/C17H33N3O/c1-3-19(4-2)13-15-6-10-20(11-7-15)16(21)12-17(14-18)8-5-9-17/h15H,3-14,18H2,1-2H3. The molecule has 1 aliphatic heterocycles. The third kappa shape index (κ3) is 4.19. The van der Waals surface area contributed by atoms with Crippen molar-refractivity contribution in [1.82, 2.24) is 9.80 Å². The van der Waals surface area contributed by atoms with Gasteiger partial charge in [0.15, 0.2) is 0 Å². The highest BCUT2D eigenvalue weighted by Gasteiger charge is 2.39. The van der Waals surface area contributed by atoms with Gasteiger partial charge in [0.2, 0.25) is 5.91 Å². The minimum absolute atomic E-state index is 0.148. The van der Waals surface area contributed by atoms with Crippen molar-refractivity contribution in [1.29, 1.82) is 0 Å². The molecule has 2 fully saturated rings. The van der Waals surface area contributed by atoms with Gasteiger partial charge in [0, 0.05) is 26.1 Å². The molecule has 122 valence electrons. The number of piperidine rings is 1. The number of nitrogens with two attached hydrogens (primary N) is 1. The molecule has 0 spiro atoms. The van der Waals surface area contributed by atoms with Crippen LogP contribution < -0.4 is 5.73 Å². The van der Waals surface area contributed by atoms with E-state index < -0.39 is 0 Å². The van der Waals surface area contributed by atoms with Crippen LogP contribution in [0.25, 0.3) is 0 Å². The molecule has 0 unspecified atom stereocenters. The first-order valence-corrected chi connectivity index (χ1v) is 8.82. The number of nitrogens with zero attached hydrogens (tertiary/aromatic N) is 2. The van der Waals surface area contributed by atoms with E-state index in [1.165, 1.54) is 13.0 Å². The minimum Gasteiger partial charge on any atom is -0.343 e. The summed E-state index contributed by atoms with van der Waals surface area (Å²) >= 11 is 0. The molecule has 2 aliphatic rings. The zero-order valence-corrected chi connectivity index (χ0v) is 13.9. The summed E-state index contributed by atoms with van der Waals surface area (Å²) < 4.78 is 0. The summed E-state index contributed by atoms with van der Waals surface area (Å²) in [5.41, 5.74) is 6.03. The van der Waals surface area contributed by atoms with Gasteiger partial charge in [-0.05, 0) is 56.7 Å². The Bertz CT molecular complexity index is 323. The monoisotopic (exact) mass is 295 g/mol. The van der Waals surface area contributed by atoms with Crippen LogP contribution in [0, 0.1) is 11.3 Å². The Kier molecular flexibility index (Phi) is 6.06. The highest BCUT2D eigenvalue weighted by Crippen LogP contribution is 2.43. The molecule has 2 N–H and O–H groups in total. The van der Waals surface area contributed by atoms with Crippen molar-refractivity contribution in [2.75, 3.05) is 39.3 Å². The van der Waals surface area contributed by atoms with Gasteiger partial charge in [0.25, 0.3) is 0 Å². The van der Waals surface area contributed by atoms with Gasteiger partial charge in [-0.25, -0.2) is 0 Å². The maximum Gasteiger partial charge on any atom is 0.223 e. The Hall–Kier alpha value is -0.610. The van der Waals surface area contributed by atoms with Gasteiger partial charge in [0.1, 0.15) is 0 Å². The van der Waals surface area contributed by atoms with Crippen molar-refractivity contribution >= 4 is 5.91 Å². The molecule has 1 saturated carbocycles. The zero-order valence-electron chi connectivity index (χ0n) is 13.9. The second-order valence-corrected chi connectivity index (χ2v) is 7.04. The quantitative estimate of drug-likeness (QED) is 0.782. The minimum atomic E-state index is 0.148. The van der Waals surface area contributed by atoms with E-state index in [0.717, 1.165) is 57.8 Å². The number of amides is 1. The third-order valence-corrected chi connectivity index (χ3v) is 5.75. The van der Waals surface area contributed by atoms with Crippen LogP contribution in [-0.4, -0.2) is 55.0 Å². The van der Waals surface area contributed by atoms with E-state index in [9.17, 15) is 4.79 Å². The molecule has 0 bridgehead atoms. The van der Waals surface area contributed by atoms with Gasteiger partial charge in [-0.2, -0.15) is 0 Å². The molecule has 0 radical (unpaired) electrons. The molecule has 4 heteroatoms. The van der Waals surface area contributed by atoms with Gasteiger partial charge < -0.3 is 15.5 Å². The van der Waals surface area contributed by atoms with Crippen LogP contribution in [0.4, 0.5) is 0 Å². The molecule has 21 heavy (non-hydrogen) atoms.